The molecule has 124 valence electrons. The van der Waals surface area contributed by atoms with Crippen LogP contribution in [0.25, 0.3) is 0 Å². The van der Waals surface area contributed by atoms with E-state index in [0.717, 1.165) is 16.7 Å². The predicted octanol–water partition coefficient (Wildman–Crippen LogP) is 3.39. The average Bonchev–Trinajstić information content (AvgIpc) is 2.56. The first-order valence-electron chi connectivity index (χ1n) is 7.57. The van der Waals surface area contributed by atoms with Crippen molar-refractivity contribution in [2.45, 2.75) is 31.7 Å². The van der Waals surface area contributed by atoms with Crippen molar-refractivity contribution in [1.82, 2.24) is 4.31 Å². The Kier molecular flexibility index (Phi) is 5.44. The lowest BCUT2D eigenvalue weighted by Crippen LogP contribution is -2.26. The zero-order chi connectivity index (χ0) is 17.0. The second-order valence-electron chi connectivity index (χ2n) is 5.57. The van der Waals surface area contributed by atoms with Gasteiger partial charge in [0.25, 0.3) is 0 Å². The molecule has 2 rings (SSSR count). The Morgan fingerprint density at radius 1 is 1.09 bits per heavy atom. The molecule has 0 atom stereocenters. The third-order valence-electron chi connectivity index (χ3n) is 3.87. The maximum atomic E-state index is 12.8. The second-order valence-corrected chi connectivity index (χ2v) is 7.62. The Bertz CT molecular complexity index is 767. The first kappa shape index (κ1) is 17.5. The molecular weight excluding hydrogens is 310 g/mol. The molecule has 23 heavy (non-hydrogen) atoms. The van der Waals surface area contributed by atoms with Crippen molar-refractivity contribution in [2.75, 3.05) is 14.2 Å². The number of hydrogen-bond acceptors (Lipinski definition) is 3. The fourth-order valence-electron chi connectivity index (χ4n) is 2.41. The van der Waals surface area contributed by atoms with Crippen molar-refractivity contribution in [3.63, 3.8) is 0 Å². The molecule has 0 bridgehead atoms. The highest BCUT2D eigenvalue weighted by Crippen LogP contribution is 2.25. The number of sulfonamides is 1. The van der Waals surface area contributed by atoms with E-state index in [1.165, 1.54) is 4.31 Å². The van der Waals surface area contributed by atoms with Gasteiger partial charge in [-0.3, -0.25) is 0 Å². The number of hydrogen-bond donors (Lipinski definition) is 0. The van der Waals surface area contributed by atoms with E-state index in [-0.39, 0.29) is 0 Å². The van der Waals surface area contributed by atoms with Crippen molar-refractivity contribution in [1.29, 1.82) is 0 Å². The summed E-state index contributed by atoms with van der Waals surface area (Å²) < 4.78 is 32.1. The van der Waals surface area contributed by atoms with Gasteiger partial charge in [-0.25, -0.2) is 8.42 Å². The summed E-state index contributed by atoms with van der Waals surface area (Å²) in [6.45, 7) is 4.33. The molecule has 0 aliphatic rings. The van der Waals surface area contributed by atoms with E-state index < -0.39 is 10.0 Å². The maximum absolute atomic E-state index is 12.8. The molecule has 0 saturated heterocycles. The molecule has 4 nitrogen and oxygen atoms in total. The average molecular weight is 333 g/mol. The molecule has 0 aliphatic carbocycles. The molecule has 0 saturated carbocycles. The first-order chi connectivity index (χ1) is 10.9. The van der Waals surface area contributed by atoms with Crippen LogP contribution in [0.15, 0.2) is 47.4 Å². The number of nitrogens with zero attached hydrogens (tertiary/aromatic N) is 1. The van der Waals surface area contributed by atoms with Gasteiger partial charge in [0.15, 0.2) is 0 Å². The maximum Gasteiger partial charge on any atom is 0.243 e. The lowest BCUT2D eigenvalue weighted by atomic mass is 10.1. The SMILES string of the molecule is CCc1cc(S(=O)(=O)N(C)Cc2ccc(C)cc2)ccc1OC. The van der Waals surface area contributed by atoms with Crippen LogP contribution in [0.5, 0.6) is 5.75 Å². The summed E-state index contributed by atoms with van der Waals surface area (Å²) in [5, 5.41) is 0. The Morgan fingerprint density at radius 2 is 1.74 bits per heavy atom. The van der Waals surface area contributed by atoms with Crippen LogP contribution in [-0.2, 0) is 23.0 Å². The molecule has 0 aliphatic heterocycles. The largest absolute Gasteiger partial charge is 0.496 e. The van der Waals surface area contributed by atoms with Gasteiger partial charge < -0.3 is 4.74 Å². The topological polar surface area (TPSA) is 46.6 Å². The second kappa shape index (κ2) is 7.15. The van der Waals surface area contributed by atoms with E-state index in [0.29, 0.717) is 23.6 Å². The molecular formula is C18H23NO3S. The predicted molar refractivity (Wildman–Crippen MR) is 92.2 cm³/mol. The van der Waals surface area contributed by atoms with E-state index in [1.54, 1.807) is 32.4 Å². The fourth-order valence-corrected chi connectivity index (χ4v) is 3.62. The summed E-state index contributed by atoms with van der Waals surface area (Å²) in [7, 11) is -0.335. The van der Waals surface area contributed by atoms with Gasteiger partial charge in [-0.2, -0.15) is 4.31 Å². The Balaban J connectivity index is 2.28. The molecule has 0 amide bonds. The zero-order valence-corrected chi connectivity index (χ0v) is 14.9. The molecule has 2 aromatic rings. The molecule has 0 heterocycles. The lowest BCUT2D eigenvalue weighted by Gasteiger charge is -2.18. The Labute approximate surface area is 138 Å². The quantitative estimate of drug-likeness (QED) is 0.814. The van der Waals surface area contributed by atoms with Gasteiger partial charge in [0.2, 0.25) is 10.0 Å². The van der Waals surface area contributed by atoms with Crippen molar-refractivity contribution in [2.24, 2.45) is 0 Å². The van der Waals surface area contributed by atoms with E-state index in [1.807, 2.05) is 38.1 Å². The first-order valence-corrected chi connectivity index (χ1v) is 9.01. The third-order valence-corrected chi connectivity index (χ3v) is 5.67. The molecule has 0 fully saturated rings. The van der Waals surface area contributed by atoms with Crippen LogP contribution in [0.1, 0.15) is 23.6 Å². The molecule has 0 unspecified atom stereocenters. The standard InChI is InChI=1S/C18H23NO3S/c1-5-16-12-17(10-11-18(16)22-4)23(20,21)19(3)13-15-8-6-14(2)7-9-15/h6-12H,5,13H2,1-4H3. The van der Waals surface area contributed by atoms with Crippen LogP contribution < -0.4 is 4.74 Å². The van der Waals surface area contributed by atoms with Gasteiger partial charge in [-0.1, -0.05) is 36.8 Å². The normalized spacial score (nSPS) is 11.7. The van der Waals surface area contributed by atoms with E-state index in [4.69, 9.17) is 4.74 Å². The highest BCUT2D eigenvalue weighted by atomic mass is 32.2. The van der Waals surface area contributed by atoms with E-state index >= 15 is 0 Å². The fraction of sp³-hybridized carbons (Fsp3) is 0.333. The van der Waals surface area contributed by atoms with Gasteiger partial charge in [-0.15, -0.1) is 0 Å². The smallest absolute Gasteiger partial charge is 0.243 e. The molecule has 0 N–H and O–H groups in total. The summed E-state index contributed by atoms with van der Waals surface area (Å²) in [4.78, 5) is 0.296. The zero-order valence-electron chi connectivity index (χ0n) is 14.0. The van der Waals surface area contributed by atoms with Crippen LogP contribution in [-0.4, -0.2) is 26.9 Å². The Morgan fingerprint density at radius 3 is 2.30 bits per heavy atom. The highest BCUT2D eigenvalue weighted by Gasteiger charge is 2.22. The summed E-state index contributed by atoms with van der Waals surface area (Å²) in [5.41, 5.74) is 3.00. The van der Waals surface area contributed by atoms with Crippen LogP contribution in [0.2, 0.25) is 0 Å². The van der Waals surface area contributed by atoms with Crippen molar-refractivity contribution in [3.8, 4) is 5.75 Å². The minimum Gasteiger partial charge on any atom is -0.496 e. The van der Waals surface area contributed by atoms with Crippen LogP contribution in [0.4, 0.5) is 0 Å². The summed E-state index contributed by atoms with van der Waals surface area (Å²) in [5.74, 6) is 0.715. The lowest BCUT2D eigenvalue weighted by molar-refractivity contribution is 0.409. The van der Waals surface area contributed by atoms with Crippen molar-refractivity contribution >= 4 is 10.0 Å². The number of rotatable bonds is 6. The number of ether oxygens (including phenoxy) is 1. The molecule has 2 aromatic carbocycles. The molecule has 5 heteroatoms. The molecule has 0 aromatic heterocycles. The number of methoxy groups -OCH3 is 1. The van der Waals surface area contributed by atoms with Crippen LogP contribution in [0, 0.1) is 6.92 Å². The van der Waals surface area contributed by atoms with Gasteiger partial charge in [0, 0.05) is 13.6 Å². The van der Waals surface area contributed by atoms with Gasteiger partial charge in [0.1, 0.15) is 5.75 Å². The molecule has 0 spiro atoms. The van der Waals surface area contributed by atoms with Gasteiger partial charge in [-0.05, 0) is 42.7 Å². The Hall–Kier alpha value is -1.85. The minimum absolute atomic E-state index is 0.296. The van der Waals surface area contributed by atoms with Gasteiger partial charge in [0.05, 0.1) is 12.0 Å². The summed E-state index contributed by atoms with van der Waals surface area (Å²) in [6.07, 6.45) is 0.716. The van der Waals surface area contributed by atoms with Crippen LogP contribution >= 0.6 is 0 Å². The van der Waals surface area contributed by atoms with Crippen LogP contribution in [0.3, 0.4) is 0 Å². The highest BCUT2D eigenvalue weighted by molar-refractivity contribution is 7.89. The van der Waals surface area contributed by atoms with Crippen molar-refractivity contribution in [3.05, 3.63) is 59.2 Å². The summed E-state index contributed by atoms with van der Waals surface area (Å²) >= 11 is 0. The summed E-state index contributed by atoms with van der Waals surface area (Å²) in [6, 6.07) is 12.9. The van der Waals surface area contributed by atoms with E-state index in [9.17, 15) is 8.42 Å². The monoisotopic (exact) mass is 333 g/mol. The minimum atomic E-state index is -3.53. The van der Waals surface area contributed by atoms with Gasteiger partial charge >= 0.3 is 0 Å². The third kappa shape index (κ3) is 3.92. The van der Waals surface area contributed by atoms with E-state index in [2.05, 4.69) is 0 Å². The number of benzene rings is 2. The van der Waals surface area contributed by atoms with Crippen molar-refractivity contribution < 1.29 is 13.2 Å². The molecule has 0 radical (unpaired) electrons. The number of aryl methyl sites for hydroxylation is 2.